The Bertz CT molecular complexity index is 578. The van der Waals surface area contributed by atoms with Crippen molar-refractivity contribution >= 4 is 5.78 Å². The van der Waals surface area contributed by atoms with Gasteiger partial charge in [0.2, 0.25) is 11.7 Å². The highest BCUT2D eigenvalue weighted by atomic mass is 19.1. The highest BCUT2D eigenvalue weighted by Crippen LogP contribution is 2.17. The minimum absolute atomic E-state index is 0.0597. The van der Waals surface area contributed by atoms with E-state index in [1.54, 1.807) is 12.1 Å². The first-order valence-electron chi connectivity index (χ1n) is 6.15. The number of carbonyl (C=O) groups is 1. The Kier molecular flexibility index (Phi) is 4.04. The van der Waals surface area contributed by atoms with E-state index in [4.69, 9.17) is 4.52 Å². The van der Waals surface area contributed by atoms with Crippen molar-refractivity contribution in [3.05, 3.63) is 36.0 Å². The molecule has 0 atom stereocenters. The maximum Gasteiger partial charge on any atom is 0.234 e. The third kappa shape index (κ3) is 3.71. The van der Waals surface area contributed by atoms with Gasteiger partial charge < -0.3 is 4.52 Å². The van der Waals surface area contributed by atoms with Crippen LogP contribution in [-0.2, 0) is 11.2 Å². The van der Waals surface area contributed by atoms with E-state index < -0.39 is 0 Å². The van der Waals surface area contributed by atoms with E-state index in [1.807, 2.05) is 13.8 Å². The van der Waals surface area contributed by atoms with Gasteiger partial charge in [0, 0.05) is 12.0 Å². The van der Waals surface area contributed by atoms with Crippen molar-refractivity contribution in [3.63, 3.8) is 0 Å². The molecular formula is C14H15FN2O2. The fraction of sp³-hybridized carbons (Fsp3) is 0.357. The van der Waals surface area contributed by atoms with E-state index >= 15 is 0 Å². The van der Waals surface area contributed by atoms with E-state index in [0.29, 0.717) is 23.7 Å². The normalized spacial score (nSPS) is 10.9. The first-order chi connectivity index (χ1) is 9.04. The maximum absolute atomic E-state index is 13.1. The van der Waals surface area contributed by atoms with Crippen LogP contribution in [0.15, 0.2) is 28.8 Å². The number of benzene rings is 1. The molecule has 0 amide bonds. The van der Waals surface area contributed by atoms with E-state index in [9.17, 15) is 9.18 Å². The van der Waals surface area contributed by atoms with Crippen molar-refractivity contribution in [2.45, 2.75) is 26.7 Å². The Morgan fingerprint density at radius 1 is 1.42 bits per heavy atom. The number of halogens is 1. The van der Waals surface area contributed by atoms with Crippen molar-refractivity contribution in [1.82, 2.24) is 10.1 Å². The third-order valence-electron chi connectivity index (χ3n) is 2.54. The van der Waals surface area contributed by atoms with Crippen molar-refractivity contribution in [2.75, 3.05) is 0 Å². The van der Waals surface area contributed by atoms with E-state index in [2.05, 4.69) is 10.1 Å². The zero-order valence-electron chi connectivity index (χ0n) is 10.9. The highest BCUT2D eigenvalue weighted by molar-refractivity contribution is 5.80. The molecule has 0 aliphatic rings. The average Bonchev–Trinajstić information content (AvgIpc) is 2.76. The average molecular weight is 262 g/mol. The second-order valence-corrected chi connectivity index (χ2v) is 4.84. The number of hydrogen-bond donors (Lipinski definition) is 0. The SMILES string of the molecule is CC(C)CC(=O)Cc1nc(-c2cccc(F)c2)no1. The lowest BCUT2D eigenvalue weighted by Gasteiger charge is -2.00. The summed E-state index contributed by atoms with van der Waals surface area (Å²) in [4.78, 5) is 15.7. The van der Waals surface area contributed by atoms with Gasteiger partial charge in [0.05, 0.1) is 6.42 Å². The molecule has 0 bridgehead atoms. The predicted octanol–water partition coefficient (Wildman–Crippen LogP) is 3.03. The van der Waals surface area contributed by atoms with Crippen LogP contribution in [-0.4, -0.2) is 15.9 Å². The van der Waals surface area contributed by atoms with Gasteiger partial charge in [-0.3, -0.25) is 4.79 Å². The molecule has 2 aromatic rings. The van der Waals surface area contributed by atoms with Gasteiger partial charge in [-0.25, -0.2) is 4.39 Å². The molecule has 0 fully saturated rings. The maximum atomic E-state index is 13.1. The first kappa shape index (κ1) is 13.4. The molecule has 1 aromatic carbocycles. The zero-order chi connectivity index (χ0) is 13.8. The fourth-order valence-electron chi connectivity index (χ4n) is 1.77. The summed E-state index contributed by atoms with van der Waals surface area (Å²) < 4.78 is 18.1. The van der Waals surface area contributed by atoms with Crippen LogP contribution in [0.2, 0.25) is 0 Å². The van der Waals surface area contributed by atoms with Crippen molar-refractivity contribution < 1.29 is 13.7 Å². The molecule has 0 spiro atoms. The van der Waals surface area contributed by atoms with E-state index in [-0.39, 0.29) is 23.9 Å². The number of ketones is 1. The summed E-state index contributed by atoms with van der Waals surface area (Å²) in [6.45, 7) is 3.95. The van der Waals surface area contributed by atoms with Gasteiger partial charge in [-0.05, 0) is 18.1 Å². The molecule has 0 unspecified atom stereocenters. The fourth-order valence-corrected chi connectivity index (χ4v) is 1.77. The summed E-state index contributed by atoms with van der Waals surface area (Å²) in [6, 6.07) is 5.93. The minimum atomic E-state index is -0.361. The molecule has 1 heterocycles. The molecule has 19 heavy (non-hydrogen) atoms. The molecule has 0 aliphatic carbocycles. The van der Waals surface area contributed by atoms with Crippen molar-refractivity contribution in [2.24, 2.45) is 5.92 Å². The van der Waals surface area contributed by atoms with E-state index in [0.717, 1.165) is 0 Å². The Morgan fingerprint density at radius 2 is 2.21 bits per heavy atom. The second kappa shape index (κ2) is 5.73. The molecule has 0 saturated carbocycles. The summed E-state index contributed by atoms with van der Waals surface area (Å²) in [7, 11) is 0. The standard InChI is InChI=1S/C14H15FN2O2/c1-9(2)6-12(18)8-13-16-14(17-19-13)10-4-3-5-11(15)7-10/h3-5,7,9H,6,8H2,1-2H3. The molecule has 0 saturated heterocycles. The molecule has 0 N–H and O–H groups in total. The van der Waals surface area contributed by atoms with Crippen LogP contribution in [0, 0.1) is 11.7 Å². The van der Waals surface area contributed by atoms with Gasteiger partial charge in [-0.15, -0.1) is 0 Å². The summed E-state index contributed by atoms with van der Waals surface area (Å²) in [5, 5.41) is 3.75. The minimum Gasteiger partial charge on any atom is -0.339 e. The summed E-state index contributed by atoms with van der Waals surface area (Å²) >= 11 is 0. The van der Waals surface area contributed by atoms with Crippen LogP contribution in [0.25, 0.3) is 11.4 Å². The highest BCUT2D eigenvalue weighted by Gasteiger charge is 2.13. The first-order valence-corrected chi connectivity index (χ1v) is 6.15. The number of aromatic nitrogens is 2. The summed E-state index contributed by atoms with van der Waals surface area (Å²) in [5.41, 5.74) is 0.534. The molecule has 4 nitrogen and oxygen atoms in total. The van der Waals surface area contributed by atoms with Crippen LogP contribution in [0.1, 0.15) is 26.2 Å². The van der Waals surface area contributed by atoms with Gasteiger partial charge in [0.1, 0.15) is 11.6 Å². The van der Waals surface area contributed by atoms with Crippen LogP contribution >= 0.6 is 0 Å². The smallest absolute Gasteiger partial charge is 0.234 e. The molecule has 100 valence electrons. The molecule has 0 radical (unpaired) electrons. The lowest BCUT2D eigenvalue weighted by atomic mass is 10.1. The summed E-state index contributed by atoms with van der Waals surface area (Å²) in [5.74, 6) is 0.569. The van der Waals surface area contributed by atoms with Crippen LogP contribution in [0.4, 0.5) is 4.39 Å². The van der Waals surface area contributed by atoms with E-state index in [1.165, 1.54) is 12.1 Å². The number of rotatable bonds is 5. The molecule has 1 aromatic heterocycles. The zero-order valence-corrected chi connectivity index (χ0v) is 10.9. The van der Waals surface area contributed by atoms with Crippen LogP contribution < -0.4 is 0 Å². The molecule has 0 aliphatic heterocycles. The van der Waals surface area contributed by atoms with Gasteiger partial charge >= 0.3 is 0 Å². The topological polar surface area (TPSA) is 56.0 Å². The Morgan fingerprint density at radius 3 is 2.89 bits per heavy atom. The molecular weight excluding hydrogens is 247 g/mol. The second-order valence-electron chi connectivity index (χ2n) is 4.84. The van der Waals surface area contributed by atoms with Gasteiger partial charge in [0.15, 0.2) is 0 Å². The van der Waals surface area contributed by atoms with Crippen molar-refractivity contribution in [1.29, 1.82) is 0 Å². The Balaban J connectivity index is 2.09. The van der Waals surface area contributed by atoms with Gasteiger partial charge in [0.25, 0.3) is 0 Å². The van der Waals surface area contributed by atoms with Gasteiger partial charge in [-0.2, -0.15) is 4.98 Å². The van der Waals surface area contributed by atoms with Crippen LogP contribution in [0.3, 0.4) is 0 Å². The lowest BCUT2D eigenvalue weighted by Crippen LogP contribution is -2.06. The quantitative estimate of drug-likeness (QED) is 0.831. The lowest BCUT2D eigenvalue weighted by molar-refractivity contribution is -0.119. The van der Waals surface area contributed by atoms with Gasteiger partial charge in [-0.1, -0.05) is 31.1 Å². The number of carbonyl (C=O) groups excluding carboxylic acids is 1. The molecule has 2 rings (SSSR count). The number of Topliss-reactive ketones (excluding diaryl/α,β-unsaturated/α-hetero) is 1. The molecule has 5 heteroatoms. The monoisotopic (exact) mass is 262 g/mol. The van der Waals surface area contributed by atoms with Crippen LogP contribution in [0.5, 0.6) is 0 Å². The Labute approximate surface area is 110 Å². The number of nitrogens with zero attached hydrogens (tertiary/aromatic N) is 2. The summed E-state index contributed by atoms with van der Waals surface area (Å²) in [6.07, 6.45) is 0.609. The predicted molar refractivity (Wildman–Crippen MR) is 67.9 cm³/mol. The largest absolute Gasteiger partial charge is 0.339 e. The Hall–Kier alpha value is -2.04. The van der Waals surface area contributed by atoms with Crippen molar-refractivity contribution in [3.8, 4) is 11.4 Å². The third-order valence-corrected chi connectivity index (χ3v) is 2.54. The number of hydrogen-bond acceptors (Lipinski definition) is 4.